The molecule has 0 unspecified atom stereocenters. The third-order valence-electron chi connectivity index (χ3n) is 3.39. The second-order valence-corrected chi connectivity index (χ2v) is 5.65. The molecule has 1 aromatic carbocycles. The Morgan fingerprint density at radius 1 is 1.44 bits per heavy atom. The highest BCUT2D eigenvalue weighted by Crippen LogP contribution is 2.27. The number of amides is 1. The second kappa shape index (κ2) is 5.36. The highest BCUT2D eigenvalue weighted by molar-refractivity contribution is 9.10. The molecule has 0 atom stereocenters. The first kappa shape index (κ1) is 13.5. The Morgan fingerprint density at radius 3 is 2.72 bits per heavy atom. The summed E-state index contributed by atoms with van der Waals surface area (Å²) in [5.41, 5.74) is 6.03. The van der Waals surface area contributed by atoms with E-state index in [-0.39, 0.29) is 11.7 Å². The highest BCUT2D eigenvalue weighted by atomic mass is 79.9. The van der Waals surface area contributed by atoms with Gasteiger partial charge in [0.2, 0.25) is 5.91 Å². The van der Waals surface area contributed by atoms with Crippen molar-refractivity contribution in [2.45, 2.75) is 37.8 Å². The Hall–Kier alpha value is -0.940. The first-order valence-electron chi connectivity index (χ1n) is 6.02. The lowest BCUT2D eigenvalue weighted by Gasteiger charge is -2.22. The topological polar surface area (TPSA) is 55.1 Å². The van der Waals surface area contributed by atoms with E-state index in [1.807, 2.05) is 0 Å². The number of benzene rings is 1. The summed E-state index contributed by atoms with van der Waals surface area (Å²) in [6, 6.07) is 4.80. The van der Waals surface area contributed by atoms with E-state index in [0.29, 0.717) is 11.0 Å². The van der Waals surface area contributed by atoms with Gasteiger partial charge in [0, 0.05) is 6.54 Å². The van der Waals surface area contributed by atoms with Gasteiger partial charge in [-0.1, -0.05) is 18.9 Å². The SMILES string of the molecule is NC1(C(=O)NCc2ccc(Br)c(F)c2)CCCC1. The number of hydrogen-bond donors (Lipinski definition) is 2. The van der Waals surface area contributed by atoms with Gasteiger partial charge in [0.1, 0.15) is 5.82 Å². The molecule has 0 aromatic heterocycles. The van der Waals surface area contributed by atoms with Crippen molar-refractivity contribution in [2.75, 3.05) is 0 Å². The van der Waals surface area contributed by atoms with Crippen molar-refractivity contribution in [1.29, 1.82) is 0 Å². The van der Waals surface area contributed by atoms with Gasteiger partial charge < -0.3 is 11.1 Å². The van der Waals surface area contributed by atoms with Crippen molar-refractivity contribution in [1.82, 2.24) is 5.32 Å². The largest absolute Gasteiger partial charge is 0.350 e. The van der Waals surface area contributed by atoms with Crippen LogP contribution in [0.5, 0.6) is 0 Å². The summed E-state index contributed by atoms with van der Waals surface area (Å²) in [5.74, 6) is -0.464. The van der Waals surface area contributed by atoms with Gasteiger partial charge in [-0.25, -0.2) is 4.39 Å². The molecule has 18 heavy (non-hydrogen) atoms. The maximum Gasteiger partial charge on any atom is 0.240 e. The zero-order chi connectivity index (χ0) is 13.2. The molecule has 0 saturated heterocycles. The monoisotopic (exact) mass is 314 g/mol. The van der Waals surface area contributed by atoms with Crippen LogP contribution >= 0.6 is 15.9 Å². The maximum absolute atomic E-state index is 13.3. The Morgan fingerprint density at radius 2 is 2.11 bits per heavy atom. The van der Waals surface area contributed by atoms with Gasteiger partial charge in [-0.2, -0.15) is 0 Å². The number of halogens is 2. The minimum Gasteiger partial charge on any atom is -0.350 e. The maximum atomic E-state index is 13.3. The summed E-state index contributed by atoms with van der Waals surface area (Å²) in [6.07, 6.45) is 3.45. The standard InChI is InChI=1S/C13H16BrFN2O/c14-10-4-3-9(7-11(10)15)8-17-12(18)13(16)5-1-2-6-13/h3-4,7H,1-2,5-6,8,16H2,(H,17,18). The summed E-state index contributed by atoms with van der Waals surface area (Å²) >= 11 is 3.09. The van der Waals surface area contributed by atoms with Crippen molar-refractivity contribution in [3.63, 3.8) is 0 Å². The Labute approximate surface area is 114 Å². The van der Waals surface area contributed by atoms with E-state index < -0.39 is 5.54 Å². The third kappa shape index (κ3) is 2.90. The van der Waals surface area contributed by atoms with Crippen molar-refractivity contribution in [3.8, 4) is 0 Å². The van der Waals surface area contributed by atoms with E-state index >= 15 is 0 Å². The zero-order valence-electron chi connectivity index (χ0n) is 10.0. The van der Waals surface area contributed by atoms with Crippen LogP contribution in [0, 0.1) is 5.82 Å². The van der Waals surface area contributed by atoms with Crippen LogP contribution in [-0.4, -0.2) is 11.4 Å². The molecule has 3 N–H and O–H groups in total. The Kier molecular flexibility index (Phi) is 4.02. The van der Waals surface area contributed by atoms with E-state index in [9.17, 15) is 9.18 Å². The van der Waals surface area contributed by atoms with Gasteiger partial charge in [0.05, 0.1) is 10.0 Å². The number of rotatable bonds is 3. The Balaban J connectivity index is 1.95. The molecule has 0 spiro atoms. The zero-order valence-corrected chi connectivity index (χ0v) is 11.6. The molecule has 2 rings (SSSR count). The molecule has 0 aliphatic heterocycles. The minimum atomic E-state index is -0.728. The van der Waals surface area contributed by atoms with E-state index in [2.05, 4.69) is 21.2 Å². The molecular formula is C13H16BrFN2O. The van der Waals surface area contributed by atoms with Crippen LogP contribution in [0.25, 0.3) is 0 Å². The van der Waals surface area contributed by atoms with Crippen LogP contribution < -0.4 is 11.1 Å². The smallest absolute Gasteiger partial charge is 0.240 e. The second-order valence-electron chi connectivity index (χ2n) is 4.79. The van der Waals surface area contributed by atoms with Crippen molar-refractivity contribution in [2.24, 2.45) is 5.73 Å². The van der Waals surface area contributed by atoms with E-state index in [0.717, 1.165) is 31.2 Å². The fourth-order valence-corrected chi connectivity index (χ4v) is 2.49. The lowest BCUT2D eigenvalue weighted by molar-refractivity contribution is -0.126. The number of carbonyl (C=O) groups excluding carboxylic acids is 1. The van der Waals surface area contributed by atoms with Crippen LogP contribution in [0.1, 0.15) is 31.2 Å². The summed E-state index contributed by atoms with van der Waals surface area (Å²) < 4.78 is 13.7. The van der Waals surface area contributed by atoms with Crippen LogP contribution in [0.3, 0.4) is 0 Å². The van der Waals surface area contributed by atoms with E-state index in [1.165, 1.54) is 6.07 Å². The molecule has 3 nitrogen and oxygen atoms in total. The third-order valence-corrected chi connectivity index (χ3v) is 4.03. The molecule has 0 heterocycles. The molecule has 98 valence electrons. The first-order chi connectivity index (χ1) is 8.51. The summed E-state index contributed by atoms with van der Waals surface area (Å²) in [5, 5.41) is 2.78. The number of hydrogen-bond acceptors (Lipinski definition) is 2. The number of carbonyl (C=O) groups is 1. The predicted octanol–water partition coefficient (Wildman–Crippen LogP) is 2.48. The molecule has 5 heteroatoms. The molecule has 0 radical (unpaired) electrons. The number of nitrogens with one attached hydrogen (secondary N) is 1. The fourth-order valence-electron chi connectivity index (χ4n) is 2.24. The molecule has 1 aliphatic carbocycles. The van der Waals surface area contributed by atoms with Gasteiger partial charge in [0.25, 0.3) is 0 Å². The summed E-state index contributed by atoms with van der Waals surface area (Å²) in [6.45, 7) is 0.308. The average Bonchev–Trinajstić information content (AvgIpc) is 2.79. The van der Waals surface area contributed by atoms with Crippen molar-refractivity contribution >= 4 is 21.8 Å². The van der Waals surface area contributed by atoms with Crippen LogP contribution in [0.2, 0.25) is 0 Å². The summed E-state index contributed by atoms with van der Waals surface area (Å²) in [4.78, 5) is 12.0. The van der Waals surface area contributed by atoms with E-state index in [4.69, 9.17) is 5.73 Å². The fraction of sp³-hybridized carbons (Fsp3) is 0.462. The number of nitrogens with two attached hydrogens (primary N) is 1. The molecule has 1 fully saturated rings. The molecular weight excluding hydrogens is 299 g/mol. The lowest BCUT2D eigenvalue weighted by atomic mass is 9.98. The highest BCUT2D eigenvalue weighted by Gasteiger charge is 2.36. The molecule has 0 bridgehead atoms. The Bertz CT molecular complexity index is 458. The quantitative estimate of drug-likeness (QED) is 0.900. The van der Waals surface area contributed by atoms with E-state index in [1.54, 1.807) is 12.1 Å². The minimum absolute atomic E-state index is 0.136. The molecule has 1 saturated carbocycles. The van der Waals surface area contributed by atoms with Gasteiger partial charge in [-0.3, -0.25) is 4.79 Å². The van der Waals surface area contributed by atoms with Crippen molar-refractivity contribution < 1.29 is 9.18 Å². The predicted molar refractivity (Wildman–Crippen MR) is 71.3 cm³/mol. The lowest BCUT2D eigenvalue weighted by Crippen LogP contribution is -2.51. The van der Waals surface area contributed by atoms with Crippen LogP contribution in [0.15, 0.2) is 22.7 Å². The summed E-state index contributed by atoms with van der Waals surface area (Å²) in [7, 11) is 0. The average molecular weight is 315 g/mol. The van der Waals surface area contributed by atoms with Gasteiger partial charge in [0.15, 0.2) is 0 Å². The first-order valence-corrected chi connectivity index (χ1v) is 6.82. The normalized spacial score (nSPS) is 17.7. The molecule has 1 aromatic rings. The van der Waals surface area contributed by atoms with Gasteiger partial charge in [-0.05, 0) is 46.5 Å². The van der Waals surface area contributed by atoms with Gasteiger partial charge >= 0.3 is 0 Å². The van der Waals surface area contributed by atoms with Crippen LogP contribution in [-0.2, 0) is 11.3 Å². The molecule has 1 aliphatic rings. The van der Waals surface area contributed by atoms with Crippen molar-refractivity contribution in [3.05, 3.63) is 34.1 Å². The van der Waals surface area contributed by atoms with Crippen LogP contribution in [0.4, 0.5) is 4.39 Å². The van der Waals surface area contributed by atoms with Gasteiger partial charge in [-0.15, -0.1) is 0 Å². The molecule has 1 amide bonds.